The second-order valence-electron chi connectivity index (χ2n) is 6.05. The molecule has 0 saturated carbocycles. The van der Waals surface area contributed by atoms with Crippen LogP contribution in [0.5, 0.6) is 0 Å². The number of carbonyl (C=O) groups excluding carboxylic acids is 1. The van der Waals surface area contributed by atoms with Crippen molar-refractivity contribution in [3.8, 4) is 0 Å². The quantitative estimate of drug-likeness (QED) is 0.664. The summed E-state index contributed by atoms with van der Waals surface area (Å²) in [5.74, 6) is 1.00. The zero-order valence-corrected chi connectivity index (χ0v) is 12.0. The fourth-order valence-corrected chi connectivity index (χ4v) is 1.63. The Morgan fingerprint density at radius 3 is 2.06 bits per heavy atom. The lowest BCUT2D eigenvalue weighted by atomic mass is 9.86. The van der Waals surface area contributed by atoms with Crippen molar-refractivity contribution in [2.45, 2.75) is 66.9 Å². The average molecular weight is 228 g/mol. The van der Waals surface area contributed by atoms with Crippen LogP contribution >= 0.6 is 0 Å². The Kier molecular flexibility index (Phi) is 6.06. The molecule has 0 radical (unpaired) electrons. The molecular weight excluding hydrogens is 200 g/mol. The molecule has 0 saturated heterocycles. The van der Waals surface area contributed by atoms with Gasteiger partial charge in [-0.05, 0) is 39.0 Å². The molecule has 0 aliphatic carbocycles. The highest BCUT2D eigenvalue weighted by Gasteiger charge is 2.26. The van der Waals surface area contributed by atoms with Crippen LogP contribution in [0.4, 0.5) is 0 Å². The molecule has 0 aromatic heterocycles. The molecule has 16 heavy (non-hydrogen) atoms. The summed E-state index contributed by atoms with van der Waals surface area (Å²) in [6.07, 6.45) is 2.27. The van der Waals surface area contributed by atoms with E-state index in [-0.39, 0.29) is 17.5 Å². The van der Waals surface area contributed by atoms with E-state index < -0.39 is 0 Å². The predicted octanol–water partition coefficient (Wildman–Crippen LogP) is 4.04. The molecule has 0 fully saturated rings. The van der Waals surface area contributed by atoms with Gasteiger partial charge >= 0.3 is 5.97 Å². The number of esters is 1. The number of hydrogen-bond donors (Lipinski definition) is 0. The van der Waals surface area contributed by atoms with Gasteiger partial charge in [-0.15, -0.1) is 0 Å². The second kappa shape index (κ2) is 6.27. The molecule has 0 aromatic carbocycles. The topological polar surface area (TPSA) is 26.3 Å². The van der Waals surface area contributed by atoms with Crippen LogP contribution in [0.2, 0.25) is 0 Å². The Morgan fingerprint density at radius 2 is 1.69 bits per heavy atom. The SMILES string of the molecule is CCC(C)CC(C)C(C)C(=O)OC(C)(C)C. The summed E-state index contributed by atoms with van der Waals surface area (Å²) in [6.45, 7) is 14.3. The lowest BCUT2D eigenvalue weighted by molar-refractivity contribution is -0.161. The zero-order valence-electron chi connectivity index (χ0n) is 12.0. The van der Waals surface area contributed by atoms with Gasteiger partial charge in [-0.3, -0.25) is 4.79 Å². The molecule has 0 bridgehead atoms. The van der Waals surface area contributed by atoms with E-state index in [4.69, 9.17) is 4.74 Å². The Bertz CT molecular complexity index is 215. The fraction of sp³-hybridized carbons (Fsp3) is 0.929. The highest BCUT2D eigenvalue weighted by Crippen LogP contribution is 2.24. The smallest absolute Gasteiger partial charge is 0.309 e. The van der Waals surface area contributed by atoms with Gasteiger partial charge < -0.3 is 4.74 Å². The van der Waals surface area contributed by atoms with E-state index in [1.54, 1.807) is 0 Å². The molecule has 2 heteroatoms. The Morgan fingerprint density at radius 1 is 1.19 bits per heavy atom. The minimum absolute atomic E-state index is 0.00627. The van der Waals surface area contributed by atoms with Crippen molar-refractivity contribution in [1.82, 2.24) is 0 Å². The number of hydrogen-bond acceptors (Lipinski definition) is 2. The van der Waals surface area contributed by atoms with Gasteiger partial charge in [0, 0.05) is 0 Å². The molecule has 0 aliphatic heterocycles. The molecule has 3 unspecified atom stereocenters. The number of ether oxygens (including phenoxy) is 1. The Hall–Kier alpha value is -0.530. The van der Waals surface area contributed by atoms with Gasteiger partial charge in [-0.25, -0.2) is 0 Å². The maximum absolute atomic E-state index is 11.8. The lowest BCUT2D eigenvalue weighted by Gasteiger charge is -2.26. The van der Waals surface area contributed by atoms with E-state index in [1.807, 2.05) is 27.7 Å². The Labute approximate surface area is 101 Å². The summed E-state index contributed by atoms with van der Waals surface area (Å²) in [4.78, 5) is 11.8. The first-order valence-corrected chi connectivity index (χ1v) is 6.40. The zero-order chi connectivity index (χ0) is 12.9. The molecule has 2 nitrogen and oxygen atoms in total. The largest absolute Gasteiger partial charge is 0.460 e. The second-order valence-corrected chi connectivity index (χ2v) is 6.05. The van der Waals surface area contributed by atoms with Crippen LogP contribution in [0.15, 0.2) is 0 Å². The van der Waals surface area contributed by atoms with Gasteiger partial charge in [0.15, 0.2) is 0 Å². The molecule has 0 spiro atoms. The van der Waals surface area contributed by atoms with Gasteiger partial charge in [0.1, 0.15) is 5.60 Å². The van der Waals surface area contributed by atoms with Crippen molar-refractivity contribution >= 4 is 5.97 Å². The minimum Gasteiger partial charge on any atom is -0.460 e. The molecule has 0 N–H and O–H groups in total. The summed E-state index contributed by atoms with van der Waals surface area (Å²) in [7, 11) is 0. The lowest BCUT2D eigenvalue weighted by Crippen LogP contribution is -2.30. The van der Waals surface area contributed by atoms with E-state index in [1.165, 1.54) is 6.42 Å². The van der Waals surface area contributed by atoms with Gasteiger partial charge in [0.25, 0.3) is 0 Å². The molecule has 0 heterocycles. The molecule has 0 aromatic rings. The maximum atomic E-state index is 11.8. The molecule has 0 aliphatic rings. The van der Waals surface area contributed by atoms with Crippen molar-refractivity contribution < 1.29 is 9.53 Å². The summed E-state index contributed by atoms with van der Waals surface area (Å²) in [6, 6.07) is 0. The Balaban J connectivity index is 4.22. The van der Waals surface area contributed by atoms with Crippen LogP contribution in [-0.2, 0) is 9.53 Å². The number of rotatable bonds is 5. The van der Waals surface area contributed by atoms with E-state index in [2.05, 4.69) is 20.8 Å². The third-order valence-electron chi connectivity index (χ3n) is 3.10. The van der Waals surface area contributed by atoms with Crippen molar-refractivity contribution in [2.24, 2.45) is 17.8 Å². The molecule has 3 atom stereocenters. The maximum Gasteiger partial charge on any atom is 0.309 e. The van der Waals surface area contributed by atoms with E-state index in [9.17, 15) is 4.79 Å². The highest BCUT2D eigenvalue weighted by molar-refractivity contribution is 5.72. The minimum atomic E-state index is -0.374. The summed E-state index contributed by atoms with van der Waals surface area (Å²) < 4.78 is 5.40. The van der Waals surface area contributed by atoms with Crippen molar-refractivity contribution in [1.29, 1.82) is 0 Å². The van der Waals surface area contributed by atoms with Crippen molar-refractivity contribution in [2.75, 3.05) is 0 Å². The third kappa shape index (κ3) is 6.14. The van der Waals surface area contributed by atoms with Crippen molar-refractivity contribution in [3.05, 3.63) is 0 Å². The first kappa shape index (κ1) is 15.5. The fourth-order valence-electron chi connectivity index (χ4n) is 1.63. The first-order chi connectivity index (χ1) is 7.17. The van der Waals surface area contributed by atoms with Crippen LogP contribution in [0.3, 0.4) is 0 Å². The van der Waals surface area contributed by atoms with Crippen LogP contribution < -0.4 is 0 Å². The molecule has 0 amide bonds. The van der Waals surface area contributed by atoms with Crippen molar-refractivity contribution in [3.63, 3.8) is 0 Å². The number of carbonyl (C=O) groups is 1. The normalized spacial score (nSPS) is 17.7. The van der Waals surface area contributed by atoms with Gasteiger partial charge in [-0.1, -0.05) is 34.1 Å². The first-order valence-electron chi connectivity index (χ1n) is 6.40. The third-order valence-corrected chi connectivity index (χ3v) is 3.10. The summed E-state index contributed by atoms with van der Waals surface area (Å²) in [5, 5.41) is 0. The molecular formula is C14H28O2. The molecule has 96 valence electrons. The van der Waals surface area contributed by atoms with E-state index >= 15 is 0 Å². The summed E-state index contributed by atoms with van der Waals surface area (Å²) >= 11 is 0. The van der Waals surface area contributed by atoms with Gasteiger partial charge in [-0.2, -0.15) is 0 Å². The standard InChI is InChI=1S/C14H28O2/c1-8-10(2)9-11(3)12(4)13(15)16-14(5,6)7/h10-12H,8-9H2,1-7H3. The van der Waals surface area contributed by atoms with Crippen LogP contribution in [0, 0.1) is 17.8 Å². The van der Waals surface area contributed by atoms with E-state index in [0.29, 0.717) is 11.8 Å². The van der Waals surface area contributed by atoms with Gasteiger partial charge in [0.2, 0.25) is 0 Å². The van der Waals surface area contributed by atoms with Gasteiger partial charge in [0.05, 0.1) is 5.92 Å². The average Bonchev–Trinajstić information content (AvgIpc) is 2.13. The molecule has 0 rings (SSSR count). The van der Waals surface area contributed by atoms with Crippen LogP contribution in [0.25, 0.3) is 0 Å². The van der Waals surface area contributed by atoms with Crippen LogP contribution in [-0.4, -0.2) is 11.6 Å². The monoisotopic (exact) mass is 228 g/mol. The van der Waals surface area contributed by atoms with Crippen LogP contribution in [0.1, 0.15) is 61.3 Å². The van der Waals surface area contributed by atoms with E-state index in [0.717, 1.165) is 6.42 Å². The highest BCUT2D eigenvalue weighted by atomic mass is 16.6. The predicted molar refractivity (Wildman–Crippen MR) is 68.2 cm³/mol. The summed E-state index contributed by atoms with van der Waals surface area (Å²) in [5.41, 5.74) is -0.374.